The summed E-state index contributed by atoms with van der Waals surface area (Å²) in [4.78, 5) is 39.5. The molecule has 3 aromatic rings. The van der Waals surface area contributed by atoms with Crippen molar-refractivity contribution in [2.24, 2.45) is 0 Å². The standard InChI is InChI=1S/C29H34N2O6/c1-18-15-25(35-5)23(22-12-14-31(26(18)22)28(34)37-29(2,3)4)17-30-13-11-21(32)16-24(30)19-7-9-20(10-8-19)27(33)36-6/h7-10,12,14-15,24H,11,13,16-17H2,1-6H3/t24-/m0/s1. The highest BCUT2D eigenvalue weighted by Crippen LogP contribution is 2.37. The van der Waals surface area contributed by atoms with Gasteiger partial charge in [-0.3, -0.25) is 14.3 Å². The van der Waals surface area contributed by atoms with Crippen LogP contribution in [0.15, 0.2) is 42.6 Å². The van der Waals surface area contributed by atoms with E-state index in [4.69, 9.17) is 14.2 Å². The topological polar surface area (TPSA) is 87.1 Å². The van der Waals surface area contributed by atoms with Crippen LogP contribution in [0.1, 0.15) is 66.7 Å². The first-order valence-electron chi connectivity index (χ1n) is 12.4. The summed E-state index contributed by atoms with van der Waals surface area (Å²) in [6.45, 7) is 8.58. The first-order chi connectivity index (χ1) is 17.5. The van der Waals surface area contributed by atoms with Crippen LogP contribution in [0.25, 0.3) is 10.9 Å². The fraction of sp³-hybridized carbons (Fsp3) is 0.414. The van der Waals surface area contributed by atoms with Crippen LogP contribution in [0.5, 0.6) is 5.75 Å². The number of nitrogens with zero attached hydrogens (tertiary/aromatic N) is 2. The molecule has 0 spiro atoms. The monoisotopic (exact) mass is 506 g/mol. The summed E-state index contributed by atoms with van der Waals surface area (Å²) in [5.41, 5.74) is 3.41. The van der Waals surface area contributed by atoms with Crippen molar-refractivity contribution < 1.29 is 28.6 Å². The number of fused-ring (bicyclic) bond motifs is 1. The minimum Gasteiger partial charge on any atom is -0.496 e. The molecule has 1 fully saturated rings. The zero-order chi connectivity index (χ0) is 26.9. The van der Waals surface area contributed by atoms with E-state index in [-0.39, 0.29) is 11.8 Å². The van der Waals surface area contributed by atoms with Gasteiger partial charge in [-0.15, -0.1) is 0 Å². The second kappa shape index (κ2) is 10.4. The molecule has 0 aliphatic carbocycles. The zero-order valence-corrected chi connectivity index (χ0v) is 22.3. The van der Waals surface area contributed by atoms with Crippen molar-refractivity contribution in [2.75, 3.05) is 20.8 Å². The van der Waals surface area contributed by atoms with Gasteiger partial charge >= 0.3 is 12.1 Å². The van der Waals surface area contributed by atoms with Gasteiger partial charge in [0, 0.05) is 49.1 Å². The van der Waals surface area contributed by atoms with Crippen LogP contribution in [0, 0.1) is 6.92 Å². The molecule has 2 heterocycles. The predicted octanol–water partition coefficient (Wildman–Crippen LogP) is 5.43. The molecular formula is C29H34N2O6. The molecule has 0 N–H and O–H groups in total. The van der Waals surface area contributed by atoms with E-state index >= 15 is 0 Å². The van der Waals surface area contributed by atoms with Crippen molar-refractivity contribution in [2.45, 2.75) is 58.7 Å². The summed E-state index contributed by atoms with van der Waals surface area (Å²) < 4.78 is 17.7. The van der Waals surface area contributed by atoms with Gasteiger partial charge in [-0.05, 0) is 63.1 Å². The van der Waals surface area contributed by atoms with Gasteiger partial charge in [0.05, 0.1) is 25.3 Å². The molecule has 0 bridgehead atoms. The fourth-order valence-electron chi connectivity index (χ4n) is 4.92. The van der Waals surface area contributed by atoms with Gasteiger partial charge < -0.3 is 14.2 Å². The Kier molecular flexibility index (Phi) is 7.41. The Bertz CT molecular complexity index is 1330. The number of ketones is 1. The number of hydrogen-bond acceptors (Lipinski definition) is 7. The van der Waals surface area contributed by atoms with Crippen molar-refractivity contribution in [3.63, 3.8) is 0 Å². The number of aryl methyl sites for hydroxylation is 1. The Morgan fingerprint density at radius 1 is 1.08 bits per heavy atom. The number of rotatable bonds is 5. The molecule has 1 aliphatic rings. The van der Waals surface area contributed by atoms with Crippen LogP contribution in [0.2, 0.25) is 0 Å². The van der Waals surface area contributed by atoms with E-state index in [1.807, 2.05) is 52.0 Å². The molecule has 0 radical (unpaired) electrons. The van der Waals surface area contributed by atoms with Crippen LogP contribution >= 0.6 is 0 Å². The van der Waals surface area contributed by atoms with Crippen LogP contribution in [-0.4, -0.2) is 53.7 Å². The number of aromatic nitrogens is 1. The number of ether oxygens (including phenoxy) is 3. The molecule has 37 heavy (non-hydrogen) atoms. The van der Waals surface area contributed by atoms with E-state index in [9.17, 15) is 14.4 Å². The number of methoxy groups -OCH3 is 2. The maximum absolute atomic E-state index is 12.9. The predicted molar refractivity (Wildman–Crippen MR) is 140 cm³/mol. The van der Waals surface area contributed by atoms with Crippen LogP contribution in [-0.2, 0) is 20.8 Å². The number of benzene rings is 2. The molecule has 8 heteroatoms. The molecule has 1 atom stereocenters. The minimum atomic E-state index is -0.617. The molecule has 1 saturated heterocycles. The number of piperidine rings is 1. The average molecular weight is 507 g/mol. The summed E-state index contributed by atoms with van der Waals surface area (Å²) in [5, 5.41) is 0.902. The molecule has 0 saturated carbocycles. The van der Waals surface area contributed by atoms with E-state index < -0.39 is 17.7 Å². The molecule has 0 unspecified atom stereocenters. The van der Waals surface area contributed by atoms with Crippen LogP contribution < -0.4 is 4.74 Å². The van der Waals surface area contributed by atoms with E-state index in [1.54, 1.807) is 30.0 Å². The molecular weight excluding hydrogens is 472 g/mol. The van der Waals surface area contributed by atoms with E-state index in [1.165, 1.54) is 7.11 Å². The normalized spacial score (nSPS) is 16.6. The lowest BCUT2D eigenvalue weighted by Crippen LogP contribution is -2.36. The highest BCUT2D eigenvalue weighted by molar-refractivity contribution is 5.95. The van der Waals surface area contributed by atoms with E-state index in [2.05, 4.69) is 4.90 Å². The molecule has 1 aliphatic heterocycles. The third kappa shape index (κ3) is 5.54. The quantitative estimate of drug-likeness (QED) is 0.426. The number of carbonyl (C=O) groups is 3. The third-order valence-electron chi connectivity index (χ3n) is 6.66. The highest BCUT2D eigenvalue weighted by Gasteiger charge is 2.30. The van der Waals surface area contributed by atoms with E-state index in [0.29, 0.717) is 31.5 Å². The minimum absolute atomic E-state index is 0.151. The van der Waals surface area contributed by atoms with Gasteiger partial charge in [0.25, 0.3) is 0 Å². The van der Waals surface area contributed by atoms with Gasteiger partial charge in [0.1, 0.15) is 17.1 Å². The van der Waals surface area contributed by atoms with Gasteiger partial charge in [-0.1, -0.05) is 12.1 Å². The summed E-state index contributed by atoms with van der Waals surface area (Å²) in [6.07, 6.45) is 2.15. The fourth-order valence-corrected chi connectivity index (χ4v) is 4.92. The lowest BCUT2D eigenvalue weighted by Gasteiger charge is -2.36. The van der Waals surface area contributed by atoms with Crippen LogP contribution in [0.4, 0.5) is 4.79 Å². The third-order valence-corrected chi connectivity index (χ3v) is 6.66. The van der Waals surface area contributed by atoms with Crippen molar-refractivity contribution in [3.05, 3.63) is 64.8 Å². The van der Waals surface area contributed by atoms with Crippen molar-refractivity contribution in [1.82, 2.24) is 9.47 Å². The first-order valence-corrected chi connectivity index (χ1v) is 12.4. The maximum Gasteiger partial charge on any atom is 0.419 e. The van der Waals surface area contributed by atoms with E-state index in [0.717, 1.165) is 33.3 Å². The summed E-state index contributed by atoms with van der Waals surface area (Å²) in [5.74, 6) is 0.531. The average Bonchev–Trinajstić information content (AvgIpc) is 3.31. The Hall–Kier alpha value is -3.65. The molecule has 1 aromatic heterocycles. The Labute approximate surface area is 217 Å². The molecule has 8 nitrogen and oxygen atoms in total. The number of carbonyl (C=O) groups excluding carboxylic acids is 3. The Morgan fingerprint density at radius 2 is 1.78 bits per heavy atom. The molecule has 4 rings (SSSR count). The van der Waals surface area contributed by atoms with Gasteiger partial charge in [-0.2, -0.15) is 0 Å². The second-order valence-electron chi connectivity index (χ2n) is 10.4. The van der Waals surface area contributed by atoms with Gasteiger partial charge in [0.2, 0.25) is 0 Å². The van der Waals surface area contributed by atoms with Crippen molar-refractivity contribution in [3.8, 4) is 5.75 Å². The number of Topliss-reactive ketones (excluding diaryl/α,β-unsaturated/α-hetero) is 1. The lowest BCUT2D eigenvalue weighted by atomic mass is 9.92. The van der Waals surface area contributed by atoms with Crippen LogP contribution in [0.3, 0.4) is 0 Å². The van der Waals surface area contributed by atoms with Gasteiger partial charge in [0.15, 0.2) is 0 Å². The SMILES string of the molecule is COC(=O)c1ccc([C@@H]2CC(=O)CCN2Cc2c(OC)cc(C)c3c2ccn3C(=O)OC(C)(C)C)cc1. The number of hydrogen-bond donors (Lipinski definition) is 0. The summed E-state index contributed by atoms with van der Waals surface area (Å²) in [7, 11) is 2.99. The highest BCUT2D eigenvalue weighted by atomic mass is 16.6. The Balaban J connectivity index is 1.72. The molecule has 0 amide bonds. The molecule has 196 valence electrons. The van der Waals surface area contributed by atoms with Gasteiger partial charge in [-0.25, -0.2) is 9.59 Å². The Morgan fingerprint density at radius 3 is 2.41 bits per heavy atom. The second-order valence-corrected chi connectivity index (χ2v) is 10.4. The summed E-state index contributed by atoms with van der Waals surface area (Å²) in [6, 6.07) is 10.9. The summed E-state index contributed by atoms with van der Waals surface area (Å²) >= 11 is 0. The zero-order valence-electron chi connectivity index (χ0n) is 22.3. The smallest absolute Gasteiger partial charge is 0.419 e. The number of esters is 1. The maximum atomic E-state index is 12.9. The number of likely N-dealkylation sites (tertiary alicyclic amines) is 1. The largest absolute Gasteiger partial charge is 0.496 e. The lowest BCUT2D eigenvalue weighted by molar-refractivity contribution is -0.123. The van der Waals surface area contributed by atoms with Crippen molar-refractivity contribution in [1.29, 1.82) is 0 Å². The molecule has 2 aromatic carbocycles. The first kappa shape index (κ1) is 26.4. The van der Waals surface area contributed by atoms with Crippen molar-refractivity contribution >= 4 is 28.7 Å².